The first-order valence-corrected chi connectivity index (χ1v) is 5.14. The molecular weight excluding hydrogens is 293 g/mol. The molecule has 0 saturated carbocycles. The number of aliphatic hydroxyl groups excluding tert-OH is 1. The van der Waals surface area contributed by atoms with E-state index in [0.717, 1.165) is 9.26 Å². The molecule has 0 bridgehead atoms. The Bertz CT molecular complexity index is 441. The van der Waals surface area contributed by atoms with Crippen LogP contribution in [0.3, 0.4) is 0 Å². The number of pyridine rings is 1. The largest absolute Gasteiger partial charge is 0.390 e. The van der Waals surface area contributed by atoms with Crippen molar-refractivity contribution < 1.29 is 5.11 Å². The highest BCUT2D eigenvalue weighted by atomic mass is 127. The van der Waals surface area contributed by atoms with E-state index in [1.165, 1.54) is 0 Å². The average Bonchev–Trinajstić information content (AvgIpc) is 2.65. The topological polar surface area (TPSA) is 50.9 Å². The molecule has 0 aliphatic carbocycles. The van der Waals surface area contributed by atoms with E-state index in [0.29, 0.717) is 5.69 Å². The van der Waals surface area contributed by atoms with Gasteiger partial charge in [0.25, 0.3) is 0 Å². The third-order valence-electron chi connectivity index (χ3n) is 1.78. The molecule has 5 heteroatoms. The molecule has 72 valence electrons. The lowest BCUT2D eigenvalue weighted by molar-refractivity contribution is 0.277. The Morgan fingerprint density at radius 3 is 3.00 bits per heavy atom. The molecule has 1 N–H and O–H groups in total. The highest BCUT2D eigenvalue weighted by molar-refractivity contribution is 14.1. The summed E-state index contributed by atoms with van der Waals surface area (Å²) in [5.74, 6) is 0. The average molecular weight is 301 g/mol. The molecular formula is C9H8IN3O. The Hall–Kier alpha value is -0.950. The molecule has 0 unspecified atom stereocenters. The molecule has 14 heavy (non-hydrogen) atoms. The van der Waals surface area contributed by atoms with Crippen molar-refractivity contribution >= 4 is 22.6 Å². The predicted molar refractivity (Wildman–Crippen MR) is 60.0 cm³/mol. The fourth-order valence-corrected chi connectivity index (χ4v) is 1.52. The molecule has 0 aromatic carbocycles. The number of halogens is 1. The van der Waals surface area contributed by atoms with Crippen LogP contribution in [0.4, 0.5) is 0 Å². The van der Waals surface area contributed by atoms with E-state index < -0.39 is 0 Å². The van der Waals surface area contributed by atoms with E-state index in [-0.39, 0.29) is 6.61 Å². The van der Waals surface area contributed by atoms with Crippen molar-refractivity contribution in [1.29, 1.82) is 0 Å². The maximum Gasteiger partial charge on any atom is 0.0853 e. The van der Waals surface area contributed by atoms with Gasteiger partial charge in [0, 0.05) is 12.4 Å². The lowest BCUT2D eigenvalue weighted by atomic mass is 10.3. The molecule has 2 heterocycles. The SMILES string of the molecule is OCc1cc(-n2cc(I)cn2)ccn1. The van der Waals surface area contributed by atoms with Crippen molar-refractivity contribution in [2.45, 2.75) is 6.61 Å². The quantitative estimate of drug-likeness (QED) is 0.852. The fraction of sp³-hybridized carbons (Fsp3) is 0.111. The van der Waals surface area contributed by atoms with Crippen LogP contribution in [-0.2, 0) is 6.61 Å². The number of rotatable bonds is 2. The minimum atomic E-state index is -0.0494. The zero-order valence-electron chi connectivity index (χ0n) is 7.26. The first-order valence-electron chi connectivity index (χ1n) is 4.06. The Labute approximate surface area is 94.7 Å². The molecule has 0 saturated heterocycles. The number of hydrogen-bond donors (Lipinski definition) is 1. The van der Waals surface area contributed by atoms with Gasteiger partial charge in [0.2, 0.25) is 0 Å². The third kappa shape index (κ3) is 1.93. The van der Waals surface area contributed by atoms with Gasteiger partial charge in [-0.3, -0.25) is 4.98 Å². The second-order valence-corrected chi connectivity index (χ2v) is 4.01. The Balaban J connectivity index is 2.41. The van der Waals surface area contributed by atoms with Crippen molar-refractivity contribution in [2.75, 3.05) is 0 Å². The van der Waals surface area contributed by atoms with E-state index in [9.17, 15) is 0 Å². The van der Waals surface area contributed by atoms with Gasteiger partial charge in [-0.15, -0.1) is 0 Å². The lowest BCUT2D eigenvalue weighted by Crippen LogP contribution is -1.97. The van der Waals surface area contributed by atoms with Gasteiger partial charge in [0.1, 0.15) is 0 Å². The Morgan fingerprint density at radius 1 is 1.50 bits per heavy atom. The van der Waals surface area contributed by atoms with Crippen molar-refractivity contribution in [2.24, 2.45) is 0 Å². The minimum Gasteiger partial charge on any atom is -0.390 e. The van der Waals surface area contributed by atoms with Crippen LogP contribution < -0.4 is 0 Å². The highest BCUT2D eigenvalue weighted by Gasteiger charge is 2.00. The standard InChI is InChI=1S/C9H8IN3O/c10-7-4-12-13(5-7)9-1-2-11-8(3-9)6-14/h1-5,14H,6H2. The van der Waals surface area contributed by atoms with Gasteiger partial charge in [0.05, 0.1) is 27.8 Å². The zero-order chi connectivity index (χ0) is 9.97. The van der Waals surface area contributed by atoms with Gasteiger partial charge in [-0.05, 0) is 34.7 Å². The third-order valence-corrected chi connectivity index (χ3v) is 2.33. The summed E-state index contributed by atoms with van der Waals surface area (Å²) in [6, 6.07) is 3.66. The van der Waals surface area contributed by atoms with Crippen LogP contribution in [-0.4, -0.2) is 19.9 Å². The predicted octanol–water partition coefficient (Wildman–Crippen LogP) is 1.36. The van der Waals surface area contributed by atoms with Crippen molar-refractivity contribution in [3.63, 3.8) is 0 Å². The lowest BCUT2D eigenvalue weighted by Gasteiger charge is -2.01. The maximum absolute atomic E-state index is 8.92. The van der Waals surface area contributed by atoms with Gasteiger partial charge >= 0.3 is 0 Å². The highest BCUT2D eigenvalue weighted by Crippen LogP contribution is 2.10. The van der Waals surface area contributed by atoms with Crippen LogP contribution >= 0.6 is 22.6 Å². The smallest absolute Gasteiger partial charge is 0.0853 e. The van der Waals surface area contributed by atoms with E-state index >= 15 is 0 Å². The monoisotopic (exact) mass is 301 g/mol. The summed E-state index contributed by atoms with van der Waals surface area (Å²) in [5, 5.41) is 13.1. The molecule has 4 nitrogen and oxygen atoms in total. The number of aliphatic hydroxyl groups is 1. The van der Waals surface area contributed by atoms with E-state index in [1.807, 2.05) is 18.3 Å². The van der Waals surface area contributed by atoms with Crippen molar-refractivity contribution in [3.8, 4) is 5.69 Å². The molecule has 0 aliphatic rings. The van der Waals surface area contributed by atoms with Crippen LogP contribution in [0.5, 0.6) is 0 Å². The van der Waals surface area contributed by atoms with E-state index in [4.69, 9.17) is 5.11 Å². The summed E-state index contributed by atoms with van der Waals surface area (Å²) < 4.78 is 2.83. The molecule has 0 aliphatic heterocycles. The molecule has 2 rings (SSSR count). The number of nitrogens with zero attached hydrogens (tertiary/aromatic N) is 3. The summed E-state index contributed by atoms with van der Waals surface area (Å²) >= 11 is 2.20. The van der Waals surface area contributed by atoms with Gasteiger partial charge < -0.3 is 5.11 Å². The molecule has 0 spiro atoms. The summed E-state index contributed by atoms with van der Waals surface area (Å²) in [6.07, 6.45) is 5.35. The van der Waals surface area contributed by atoms with Gasteiger partial charge in [-0.1, -0.05) is 0 Å². The molecule has 2 aromatic rings. The first-order chi connectivity index (χ1) is 6.79. The van der Waals surface area contributed by atoms with Crippen molar-refractivity contribution in [3.05, 3.63) is 40.0 Å². The van der Waals surface area contributed by atoms with Crippen LogP contribution in [0.25, 0.3) is 5.69 Å². The summed E-state index contributed by atoms with van der Waals surface area (Å²) in [4.78, 5) is 4.00. The van der Waals surface area contributed by atoms with Gasteiger partial charge in [0.15, 0.2) is 0 Å². The van der Waals surface area contributed by atoms with Crippen LogP contribution in [0.2, 0.25) is 0 Å². The van der Waals surface area contributed by atoms with Crippen LogP contribution in [0, 0.1) is 3.57 Å². The molecule has 0 amide bonds. The Kier molecular flexibility index (Phi) is 2.78. The summed E-state index contributed by atoms with van der Waals surface area (Å²) in [5.41, 5.74) is 1.56. The fourth-order valence-electron chi connectivity index (χ4n) is 1.14. The molecule has 0 fully saturated rings. The number of hydrogen-bond acceptors (Lipinski definition) is 3. The minimum absolute atomic E-state index is 0.0494. The van der Waals surface area contributed by atoms with E-state index in [2.05, 4.69) is 32.7 Å². The van der Waals surface area contributed by atoms with Gasteiger partial charge in [-0.25, -0.2) is 4.68 Å². The van der Waals surface area contributed by atoms with Crippen molar-refractivity contribution in [1.82, 2.24) is 14.8 Å². The molecule has 0 atom stereocenters. The molecule has 0 radical (unpaired) electrons. The Morgan fingerprint density at radius 2 is 2.36 bits per heavy atom. The first kappa shape index (κ1) is 9.60. The van der Waals surface area contributed by atoms with Crippen LogP contribution in [0.1, 0.15) is 5.69 Å². The second kappa shape index (κ2) is 4.05. The zero-order valence-corrected chi connectivity index (χ0v) is 9.42. The van der Waals surface area contributed by atoms with Gasteiger partial charge in [-0.2, -0.15) is 5.10 Å². The maximum atomic E-state index is 8.92. The summed E-state index contributed by atoms with van der Waals surface area (Å²) in [6.45, 7) is -0.0494. The van der Waals surface area contributed by atoms with Crippen LogP contribution in [0.15, 0.2) is 30.7 Å². The molecule has 2 aromatic heterocycles. The number of aromatic nitrogens is 3. The summed E-state index contributed by atoms with van der Waals surface area (Å²) in [7, 11) is 0. The second-order valence-electron chi connectivity index (χ2n) is 2.77. The normalized spacial score (nSPS) is 10.4. The van der Waals surface area contributed by atoms with E-state index in [1.54, 1.807) is 17.1 Å².